The number of ether oxygens (including phenoxy) is 2. The van der Waals surface area contributed by atoms with Crippen LogP contribution in [0.4, 0.5) is 5.69 Å². The number of benzene rings is 2. The molecular weight excluding hydrogens is 328 g/mol. The van der Waals surface area contributed by atoms with Gasteiger partial charge in [0, 0.05) is 24.1 Å². The number of amides is 1. The Morgan fingerprint density at radius 2 is 1.88 bits per heavy atom. The van der Waals surface area contributed by atoms with Crippen LogP contribution in [-0.2, 0) is 4.79 Å². The number of fused-ring (bicyclic) bond motifs is 1. The molecule has 136 valence electrons. The molecule has 2 aromatic rings. The summed E-state index contributed by atoms with van der Waals surface area (Å²) in [5, 5.41) is 3.01. The summed E-state index contributed by atoms with van der Waals surface area (Å²) in [6.07, 6.45) is 2.22. The first-order valence-corrected chi connectivity index (χ1v) is 9.30. The second-order valence-electron chi connectivity index (χ2n) is 7.10. The molecule has 2 atom stereocenters. The highest BCUT2D eigenvalue weighted by molar-refractivity contribution is 5.91. The first kappa shape index (κ1) is 16.9. The van der Waals surface area contributed by atoms with Crippen LogP contribution in [0.15, 0.2) is 42.5 Å². The zero-order valence-corrected chi connectivity index (χ0v) is 15.1. The van der Waals surface area contributed by atoms with Gasteiger partial charge in [0.05, 0.1) is 6.54 Å². The van der Waals surface area contributed by atoms with Crippen LogP contribution >= 0.6 is 0 Å². The minimum Gasteiger partial charge on any atom is -0.486 e. The summed E-state index contributed by atoms with van der Waals surface area (Å²) in [5.41, 5.74) is 3.27. The number of hydrogen-bond acceptors (Lipinski definition) is 3. The minimum absolute atomic E-state index is 0.0632. The summed E-state index contributed by atoms with van der Waals surface area (Å²) in [5.74, 6) is 1.70. The fourth-order valence-electron chi connectivity index (χ4n) is 3.85. The molecule has 5 heteroatoms. The van der Waals surface area contributed by atoms with Crippen LogP contribution in [0.5, 0.6) is 11.5 Å². The van der Waals surface area contributed by atoms with Gasteiger partial charge in [0.25, 0.3) is 5.91 Å². The third kappa shape index (κ3) is 3.68. The maximum absolute atomic E-state index is 12.5. The molecule has 0 radical (unpaired) electrons. The van der Waals surface area contributed by atoms with Gasteiger partial charge < -0.3 is 19.7 Å². The van der Waals surface area contributed by atoms with Gasteiger partial charge in [-0.05, 0) is 37.3 Å². The molecular formula is C21H25N2O3+. The number of likely N-dealkylation sites (tertiary alicyclic amines) is 1. The van der Waals surface area contributed by atoms with Crippen LogP contribution in [0.3, 0.4) is 0 Å². The average molecular weight is 353 g/mol. The maximum atomic E-state index is 12.5. The zero-order chi connectivity index (χ0) is 17.9. The molecule has 0 aromatic heterocycles. The van der Waals surface area contributed by atoms with Crippen molar-refractivity contribution in [3.05, 3.63) is 53.6 Å². The van der Waals surface area contributed by atoms with E-state index in [9.17, 15) is 4.79 Å². The zero-order valence-electron chi connectivity index (χ0n) is 15.1. The Bertz CT molecular complexity index is 788. The maximum Gasteiger partial charge on any atom is 0.279 e. The van der Waals surface area contributed by atoms with E-state index in [1.165, 1.54) is 16.0 Å². The van der Waals surface area contributed by atoms with E-state index in [1.807, 2.05) is 37.3 Å². The molecule has 0 aliphatic carbocycles. The van der Waals surface area contributed by atoms with Gasteiger partial charge in [0.1, 0.15) is 19.3 Å². The predicted molar refractivity (Wildman–Crippen MR) is 99.9 cm³/mol. The Morgan fingerprint density at radius 1 is 1.12 bits per heavy atom. The van der Waals surface area contributed by atoms with Gasteiger partial charge in [-0.3, -0.25) is 4.79 Å². The molecule has 2 N–H and O–H groups in total. The highest BCUT2D eigenvalue weighted by Crippen LogP contribution is 2.33. The van der Waals surface area contributed by atoms with Crippen LogP contribution < -0.4 is 19.7 Å². The van der Waals surface area contributed by atoms with Crippen molar-refractivity contribution >= 4 is 11.6 Å². The van der Waals surface area contributed by atoms with Gasteiger partial charge in [0.2, 0.25) is 0 Å². The summed E-state index contributed by atoms with van der Waals surface area (Å²) in [7, 11) is 0. The molecule has 26 heavy (non-hydrogen) atoms. The lowest BCUT2D eigenvalue weighted by Gasteiger charge is -2.24. The Labute approximate surface area is 153 Å². The smallest absolute Gasteiger partial charge is 0.279 e. The van der Waals surface area contributed by atoms with Crippen LogP contribution in [0.2, 0.25) is 0 Å². The van der Waals surface area contributed by atoms with Gasteiger partial charge in [-0.2, -0.15) is 0 Å². The van der Waals surface area contributed by atoms with Crippen molar-refractivity contribution in [2.75, 3.05) is 31.6 Å². The van der Waals surface area contributed by atoms with Crippen molar-refractivity contribution in [3.63, 3.8) is 0 Å². The van der Waals surface area contributed by atoms with Gasteiger partial charge >= 0.3 is 0 Å². The number of nitrogens with one attached hydrogen (secondary N) is 2. The van der Waals surface area contributed by atoms with Crippen molar-refractivity contribution < 1.29 is 19.2 Å². The molecule has 0 saturated carbocycles. The first-order chi connectivity index (χ1) is 12.7. The van der Waals surface area contributed by atoms with Crippen LogP contribution in [0.1, 0.15) is 30.0 Å². The number of quaternary nitrogens is 1. The lowest BCUT2D eigenvalue weighted by molar-refractivity contribution is -0.910. The second-order valence-corrected chi connectivity index (χ2v) is 7.10. The normalized spacial score (nSPS) is 21.4. The van der Waals surface area contributed by atoms with Crippen molar-refractivity contribution in [2.45, 2.75) is 25.8 Å². The van der Waals surface area contributed by atoms with Crippen molar-refractivity contribution in [1.29, 1.82) is 0 Å². The molecule has 2 aliphatic heterocycles. The summed E-state index contributed by atoms with van der Waals surface area (Å²) >= 11 is 0. The third-order valence-electron chi connectivity index (χ3n) is 5.18. The van der Waals surface area contributed by atoms with Crippen LogP contribution in [0, 0.1) is 6.92 Å². The molecule has 1 fully saturated rings. The fourth-order valence-corrected chi connectivity index (χ4v) is 3.85. The SMILES string of the molecule is Cc1ccc(NC(=O)C[NH+]2CCC[C@@H]2c2ccc3c(c2)OCCO3)cc1. The van der Waals surface area contributed by atoms with Gasteiger partial charge in [0.15, 0.2) is 18.0 Å². The van der Waals surface area contributed by atoms with Gasteiger partial charge in [-0.1, -0.05) is 17.7 Å². The standard InChI is InChI=1S/C21H24N2O3/c1-15-4-7-17(8-5-15)22-21(24)14-23-10-2-3-18(23)16-6-9-19-20(13-16)26-12-11-25-19/h4-9,13,18H,2-3,10-12,14H2,1H3,(H,22,24)/p+1/t18-/m1/s1. The van der Waals surface area contributed by atoms with E-state index in [1.54, 1.807) is 0 Å². The molecule has 0 bridgehead atoms. The van der Waals surface area contributed by atoms with E-state index >= 15 is 0 Å². The summed E-state index contributed by atoms with van der Waals surface area (Å²) < 4.78 is 11.3. The molecule has 5 nitrogen and oxygen atoms in total. The number of rotatable bonds is 4. The van der Waals surface area contributed by atoms with Crippen molar-refractivity contribution in [1.82, 2.24) is 0 Å². The lowest BCUT2D eigenvalue weighted by Crippen LogP contribution is -3.11. The summed E-state index contributed by atoms with van der Waals surface area (Å²) in [6.45, 7) is 4.73. The summed E-state index contributed by atoms with van der Waals surface area (Å²) in [6, 6.07) is 14.4. The number of hydrogen-bond donors (Lipinski definition) is 2. The first-order valence-electron chi connectivity index (χ1n) is 9.30. The van der Waals surface area contributed by atoms with Crippen molar-refractivity contribution in [2.24, 2.45) is 0 Å². The van der Waals surface area contributed by atoms with Gasteiger partial charge in [-0.25, -0.2) is 0 Å². The number of aryl methyl sites for hydroxylation is 1. The monoisotopic (exact) mass is 353 g/mol. The van der Waals surface area contributed by atoms with Crippen LogP contribution in [-0.4, -0.2) is 32.2 Å². The molecule has 2 aromatic carbocycles. The van der Waals surface area contributed by atoms with E-state index in [-0.39, 0.29) is 5.91 Å². The second kappa shape index (κ2) is 7.38. The van der Waals surface area contributed by atoms with Gasteiger partial charge in [-0.15, -0.1) is 0 Å². The predicted octanol–water partition coefficient (Wildman–Crippen LogP) is 2.12. The number of anilines is 1. The molecule has 1 unspecified atom stereocenters. The Balaban J connectivity index is 1.43. The Hall–Kier alpha value is -2.53. The molecule has 1 amide bonds. The quantitative estimate of drug-likeness (QED) is 0.885. The molecule has 4 rings (SSSR count). The molecule has 2 aliphatic rings. The van der Waals surface area contributed by atoms with E-state index in [0.29, 0.717) is 25.8 Å². The highest BCUT2D eigenvalue weighted by Gasteiger charge is 2.32. The largest absolute Gasteiger partial charge is 0.486 e. The van der Waals surface area contributed by atoms with E-state index in [0.717, 1.165) is 36.6 Å². The number of carbonyl (C=O) groups excluding carboxylic acids is 1. The van der Waals surface area contributed by atoms with E-state index in [2.05, 4.69) is 17.4 Å². The fraction of sp³-hybridized carbons (Fsp3) is 0.381. The molecule has 1 saturated heterocycles. The third-order valence-corrected chi connectivity index (χ3v) is 5.18. The Morgan fingerprint density at radius 3 is 2.69 bits per heavy atom. The minimum atomic E-state index is 0.0632. The highest BCUT2D eigenvalue weighted by atomic mass is 16.6. The number of carbonyl (C=O) groups is 1. The Kier molecular flexibility index (Phi) is 4.80. The van der Waals surface area contributed by atoms with E-state index < -0.39 is 0 Å². The summed E-state index contributed by atoms with van der Waals surface area (Å²) in [4.78, 5) is 13.8. The average Bonchev–Trinajstić information content (AvgIpc) is 3.11. The lowest BCUT2D eigenvalue weighted by atomic mass is 10.0. The molecule has 2 heterocycles. The van der Waals surface area contributed by atoms with E-state index in [4.69, 9.17) is 9.47 Å². The van der Waals surface area contributed by atoms with Crippen molar-refractivity contribution in [3.8, 4) is 11.5 Å². The topological polar surface area (TPSA) is 52.0 Å². The van der Waals surface area contributed by atoms with Crippen LogP contribution in [0.25, 0.3) is 0 Å². The molecule has 0 spiro atoms.